The Morgan fingerprint density at radius 2 is 1.83 bits per heavy atom. The second kappa shape index (κ2) is 7.18. The molecular formula is C19H21ClN2O. The fraction of sp³-hybridized carbons (Fsp3) is 0.263. The summed E-state index contributed by atoms with van der Waals surface area (Å²) in [4.78, 5) is 0. The molecule has 0 saturated carbocycles. The zero-order chi connectivity index (χ0) is 16.2. The first kappa shape index (κ1) is 16.1. The summed E-state index contributed by atoms with van der Waals surface area (Å²) in [5.41, 5.74) is 3.54. The van der Waals surface area contributed by atoms with Crippen molar-refractivity contribution in [3.05, 3.63) is 70.9 Å². The summed E-state index contributed by atoms with van der Waals surface area (Å²) in [5, 5.41) is 14.7. The van der Waals surface area contributed by atoms with Crippen LogP contribution in [0.2, 0.25) is 5.02 Å². The monoisotopic (exact) mass is 328 g/mol. The lowest BCUT2D eigenvalue weighted by Gasteiger charge is -2.07. The first-order valence-electron chi connectivity index (χ1n) is 7.84. The topological polar surface area (TPSA) is 37.2 Å². The lowest BCUT2D eigenvalue weighted by molar-refractivity contribution is 0.191. The highest BCUT2D eigenvalue weighted by atomic mass is 35.5. The number of aliphatic hydroxyl groups excluding tert-OH is 1. The van der Waals surface area contributed by atoms with E-state index in [1.54, 1.807) is 6.92 Å². The van der Waals surface area contributed by atoms with Gasteiger partial charge in [0, 0.05) is 41.8 Å². The molecule has 0 aliphatic heterocycles. The number of nitrogens with zero attached hydrogens (tertiary/aromatic N) is 1. The number of hydrogen-bond donors (Lipinski definition) is 2. The van der Waals surface area contributed by atoms with E-state index in [9.17, 15) is 5.11 Å². The van der Waals surface area contributed by atoms with E-state index in [0.29, 0.717) is 6.54 Å². The van der Waals surface area contributed by atoms with Gasteiger partial charge in [-0.15, -0.1) is 0 Å². The van der Waals surface area contributed by atoms with Crippen molar-refractivity contribution in [2.24, 2.45) is 0 Å². The lowest BCUT2D eigenvalue weighted by Crippen LogP contribution is -2.23. The highest BCUT2D eigenvalue weighted by Crippen LogP contribution is 2.24. The number of halogens is 1. The predicted octanol–water partition coefficient (Wildman–Crippen LogP) is 3.81. The maximum Gasteiger partial charge on any atom is 0.0636 e. The Bertz CT molecular complexity index is 795. The van der Waals surface area contributed by atoms with Crippen LogP contribution in [0.25, 0.3) is 10.9 Å². The highest BCUT2D eigenvalue weighted by molar-refractivity contribution is 6.31. The molecule has 0 saturated heterocycles. The van der Waals surface area contributed by atoms with Crippen molar-refractivity contribution in [3.63, 3.8) is 0 Å². The van der Waals surface area contributed by atoms with Gasteiger partial charge in [0.05, 0.1) is 6.10 Å². The third kappa shape index (κ3) is 3.75. The number of fused-ring (bicyclic) bond motifs is 1. The predicted molar refractivity (Wildman–Crippen MR) is 95.9 cm³/mol. The Kier molecular flexibility index (Phi) is 5.01. The van der Waals surface area contributed by atoms with Gasteiger partial charge in [0.15, 0.2) is 0 Å². The molecule has 120 valence electrons. The number of hydrogen-bond acceptors (Lipinski definition) is 2. The largest absolute Gasteiger partial charge is 0.392 e. The molecule has 0 bridgehead atoms. The fourth-order valence-electron chi connectivity index (χ4n) is 2.82. The van der Waals surface area contributed by atoms with E-state index in [4.69, 9.17) is 11.6 Å². The molecule has 3 rings (SSSR count). The Balaban J connectivity index is 1.90. The van der Waals surface area contributed by atoms with Crippen molar-refractivity contribution < 1.29 is 5.11 Å². The zero-order valence-corrected chi connectivity index (χ0v) is 13.9. The van der Waals surface area contributed by atoms with Gasteiger partial charge in [-0.1, -0.05) is 48.0 Å². The van der Waals surface area contributed by atoms with E-state index in [1.807, 2.05) is 18.2 Å². The van der Waals surface area contributed by atoms with Crippen molar-refractivity contribution >= 4 is 22.5 Å². The second-order valence-corrected chi connectivity index (χ2v) is 6.28. The van der Waals surface area contributed by atoms with Gasteiger partial charge in [-0.2, -0.15) is 0 Å². The maximum absolute atomic E-state index is 9.39. The van der Waals surface area contributed by atoms with Gasteiger partial charge in [0.25, 0.3) is 0 Å². The molecule has 3 aromatic rings. The van der Waals surface area contributed by atoms with Crippen LogP contribution in [-0.2, 0) is 13.1 Å². The van der Waals surface area contributed by atoms with Crippen molar-refractivity contribution in [1.29, 1.82) is 0 Å². The quantitative estimate of drug-likeness (QED) is 0.722. The summed E-state index contributed by atoms with van der Waals surface area (Å²) in [5.74, 6) is 0. The molecule has 0 aliphatic rings. The molecule has 0 aliphatic carbocycles. The molecule has 3 nitrogen and oxygen atoms in total. The average Bonchev–Trinajstić information content (AvgIpc) is 2.88. The lowest BCUT2D eigenvalue weighted by atomic mass is 10.2. The van der Waals surface area contributed by atoms with E-state index in [-0.39, 0.29) is 6.10 Å². The number of aromatic nitrogens is 1. The minimum atomic E-state index is -0.341. The van der Waals surface area contributed by atoms with Crippen LogP contribution in [-0.4, -0.2) is 22.3 Å². The summed E-state index contributed by atoms with van der Waals surface area (Å²) < 4.78 is 2.23. The van der Waals surface area contributed by atoms with E-state index in [1.165, 1.54) is 16.5 Å². The van der Waals surface area contributed by atoms with Crippen molar-refractivity contribution in [3.8, 4) is 0 Å². The van der Waals surface area contributed by atoms with Gasteiger partial charge >= 0.3 is 0 Å². The van der Waals surface area contributed by atoms with Crippen molar-refractivity contribution in [2.75, 3.05) is 6.54 Å². The van der Waals surface area contributed by atoms with Gasteiger partial charge in [0.2, 0.25) is 0 Å². The first-order chi connectivity index (χ1) is 11.1. The summed E-state index contributed by atoms with van der Waals surface area (Å²) in [6, 6.07) is 16.3. The molecule has 2 aromatic carbocycles. The molecule has 0 unspecified atom stereocenters. The maximum atomic E-state index is 9.39. The third-order valence-corrected chi connectivity index (χ3v) is 4.29. The Morgan fingerprint density at radius 1 is 1.09 bits per heavy atom. The highest BCUT2D eigenvalue weighted by Gasteiger charge is 2.09. The van der Waals surface area contributed by atoms with E-state index in [2.05, 4.69) is 46.4 Å². The van der Waals surface area contributed by atoms with E-state index < -0.39 is 0 Å². The Morgan fingerprint density at radius 3 is 2.61 bits per heavy atom. The summed E-state index contributed by atoms with van der Waals surface area (Å²) in [6.45, 7) is 3.86. The molecule has 1 aromatic heterocycles. The normalized spacial score (nSPS) is 12.7. The third-order valence-electron chi connectivity index (χ3n) is 3.92. The first-order valence-corrected chi connectivity index (χ1v) is 8.22. The standard InChI is InChI=1S/C19H21ClN2O/c1-14(23)10-21-11-16-13-22(19-9-5-3-7-17(16)19)12-15-6-2-4-8-18(15)20/h2-9,13-14,21,23H,10-12H2,1H3/t14-/m1/s1. The van der Waals surface area contributed by atoms with Gasteiger partial charge in [-0.05, 0) is 30.2 Å². The van der Waals surface area contributed by atoms with Gasteiger partial charge < -0.3 is 15.0 Å². The zero-order valence-electron chi connectivity index (χ0n) is 13.2. The number of benzene rings is 2. The van der Waals surface area contributed by atoms with Crippen LogP contribution in [0.15, 0.2) is 54.7 Å². The molecule has 1 heterocycles. The summed E-state index contributed by atoms with van der Waals surface area (Å²) in [7, 11) is 0. The molecule has 4 heteroatoms. The molecular weight excluding hydrogens is 308 g/mol. The van der Waals surface area contributed by atoms with Crippen LogP contribution in [0, 0.1) is 0 Å². The molecule has 0 radical (unpaired) electrons. The van der Waals surface area contributed by atoms with Crippen LogP contribution in [0.5, 0.6) is 0 Å². The smallest absolute Gasteiger partial charge is 0.0636 e. The SMILES string of the molecule is C[C@@H](O)CNCc1cn(Cc2ccccc2Cl)c2ccccc12. The van der Waals surface area contributed by atoms with E-state index >= 15 is 0 Å². The molecule has 0 amide bonds. The molecule has 23 heavy (non-hydrogen) atoms. The van der Waals surface area contributed by atoms with Crippen LogP contribution in [0.4, 0.5) is 0 Å². The van der Waals surface area contributed by atoms with Crippen LogP contribution in [0.3, 0.4) is 0 Å². The van der Waals surface area contributed by atoms with Crippen LogP contribution in [0.1, 0.15) is 18.1 Å². The van der Waals surface area contributed by atoms with E-state index in [0.717, 1.165) is 23.7 Å². The Hall–Kier alpha value is -1.81. The molecule has 2 N–H and O–H groups in total. The minimum Gasteiger partial charge on any atom is -0.392 e. The van der Waals surface area contributed by atoms with Gasteiger partial charge in [-0.25, -0.2) is 0 Å². The van der Waals surface area contributed by atoms with Gasteiger partial charge in [0.1, 0.15) is 0 Å². The summed E-state index contributed by atoms with van der Waals surface area (Å²) in [6.07, 6.45) is 1.83. The number of nitrogens with one attached hydrogen (secondary N) is 1. The number of aliphatic hydroxyl groups is 1. The van der Waals surface area contributed by atoms with Gasteiger partial charge in [-0.3, -0.25) is 0 Å². The fourth-order valence-corrected chi connectivity index (χ4v) is 3.02. The van der Waals surface area contributed by atoms with Crippen molar-refractivity contribution in [1.82, 2.24) is 9.88 Å². The molecule has 0 fully saturated rings. The molecule has 1 atom stereocenters. The van der Waals surface area contributed by atoms with Crippen LogP contribution >= 0.6 is 11.6 Å². The van der Waals surface area contributed by atoms with Crippen LogP contribution < -0.4 is 5.32 Å². The number of rotatable bonds is 6. The number of para-hydroxylation sites is 1. The van der Waals surface area contributed by atoms with Crippen molar-refractivity contribution in [2.45, 2.75) is 26.1 Å². The Labute approximate surface area is 141 Å². The second-order valence-electron chi connectivity index (χ2n) is 5.87. The minimum absolute atomic E-state index is 0.341. The summed E-state index contributed by atoms with van der Waals surface area (Å²) >= 11 is 6.30. The average molecular weight is 329 g/mol. The molecule has 0 spiro atoms.